The van der Waals surface area contributed by atoms with Crippen molar-refractivity contribution < 1.29 is 22.8 Å². The fraction of sp³-hybridized carbons (Fsp3) is 0.0667. The highest BCUT2D eigenvalue weighted by atomic mass is 19.2. The van der Waals surface area contributed by atoms with Crippen molar-refractivity contribution in [3.8, 4) is 0 Å². The largest absolute Gasteiger partial charge is 0.326 e. The number of benzene rings is 2. The highest BCUT2D eigenvalue weighted by Crippen LogP contribution is 2.26. The highest BCUT2D eigenvalue weighted by molar-refractivity contribution is 6.05. The zero-order chi connectivity index (χ0) is 15.9. The van der Waals surface area contributed by atoms with E-state index in [1.165, 1.54) is 6.07 Å². The monoisotopic (exact) mass is 306 g/mol. The summed E-state index contributed by atoms with van der Waals surface area (Å²) in [7, 11) is 0. The quantitative estimate of drug-likeness (QED) is 0.838. The zero-order valence-corrected chi connectivity index (χ0v) is 11.0. The first-order valence-corrected chi connectivity index (χ1v) is 6.33. The molecule has 0 radical (unpaired) electrons. The first kappa shape index (κ1) is 14.1. The van der Waals surface area contributed by atoms with Crippen LogP contribution < -0.4 is 10.6 Å². The zero-order valence-electron chi connectivity index (χ0n) is 11.0. The molecule has 0 unspecified atom stereocenters. The van der Waals surface area contributed by atoms with Crippen molar-refractivity contribution in [2.45, 2.75) is 6.42 Å². The Balaban J connectivity index is 1.85. The second-order valence-electron chi connectivity index (χ2n) is 4.77. The maximum absolute atomic E-state index is 13.6. The predicted octanol–water partition coefficient (Wildman–Crippen LogP) is 2.85. The molecular weight excluding hydrogens is 297 g/mol. The molecule has 2 aromatic rings. The van der Waals surface area contributed by atoms with Crippen LogP contribution in [-0.4, -0.2) is 11.8 Å². The summed E-state index contributed by atoms with van der Waals surface area (Å²) in [5.41, 5.74) is 1.05. The Morgan fingerprint density at radius 3 is 2.64 bits per heavy atom. The number of rotatable bonds is 2. The third-order valence-corrected chi connectivity index (χ3v) is 3.27. The standard InChI is InChI=1S/C15H9F3N2O2/c16-10-3-2-9(13(17)14(10)18)15(22)19-8-1-4-11-7(5-8)6-12(21)20-11/h1-5H,6H2,(H,19,22)(H,20,21). The lowest BCUT2D eigenvalue weighted by molar-refractivity contribution is -0.115. The third-order valence-electron chi connectivity index (χ3n) is 3.27. The molecule has 0 fully saturated rings. The predicted molar refractivity (Wildman–Crippen MR) is 73.0 cm³/mol. The minimum absolute atomic E-state index is 0.162. The van der Waals surface area contributed by atoms with Crippen molar-refractivity contribution in [1.29, 1.82) is 0 Å². The van der Waals surface area contributed by atoms with Crippen molar-refractivity contribution in [2.24, 2.45) is 0 Å². The molecule has 3 rings (SSSR count). The van der Waals surface area contributed by atoms with Gasteiger partial charge in [0.15, 0.2) is 17.5 Å². The number of anilines is 2. The molecule has 0 aromatic heterocycles. The van der Waals surface area contributed by atoms with Gasteiger partial charge in [0.05, 0.1) is 12.0 Å². The summed E-state index contributed by atoms with van der Waals surface area (Å²) in [6.45, 7) is 0. The fourth-order valence-corrected chi connectivity index (χ4v) is 2.21. The molecule has 2 amide bonds. The second kappa shape index (κ2) is 5.18. The van der Waals surface area contributed by atoms with Crippen LogP contribution in [0.1, 0.15) is 15.9 Å². The van der Waals surface area contributed by atoms with Crippen LogP contribution in [0.5, 0.6) is 0 Å². The first-order valence-electron chi connectivity index (χ1n) is 6.33. The van der Waals surface area contributed by atoms with Crippen molar-refractivity contribution in [3.63, 3.8) is 0 Å². The number of carbonyl (C=O) groups excluding carboxylic acids is 2. The minimum atomic E-state index is -1.70. The Morgan fingerprint density at radius 2 is 1.86 bits per heavy atom. The molecule has 2 N–H and O–H groups in total. The average Bonchev–Trinajstić information content (AvgIpc) is 2.84. The van der Waals surface area contributed by atoms with E-state index in [4.69, 9.17) is 0 Å². The minimum Gasteiger partial charge on any atom is -0.326 e. The van der Waals surface area contributed by atoms with Gasteiger partial charge in [-0.25, -0.2) is 13.2 Å². The summed E-state index contributed by atoms with van der Waals surface area (Å²) < 4.78 is 39.5. The van der Waals surface area contributed by atoms with Gasteiger partial charge in [-0.1, -0.05) is 0 Å². The molecule has 22 heavy (non-hydrogen) atoms. The lowest BCUT2D eigenvalue weighted by atomic mass is 10.1. The van der Waals surface area contributed by atoms with E-state index in [0.29, 0.717) is 23.0 Å². The van der Waals surface area contributed by atoms with E-state index in [9.17, 15) is 22.8 Å². The molecule has 0 saturated heterocycles. The van der Waals surface area contributed by atoms with Crippen molar-refractivity contribution in [2.75, 3.05) is 10.6 Å². The number of carbonyl (C=O) groups is 2. The van der Waals surface area contributed by atoms with Crippen molar-refractivity contribution in [3.05, 3.63) is 58.9 Å². The molecule has 0 aliphatic carbocycles. The van der Waals surface area contributed by atoms with Gasteiger partial charge in [0.1, 0.15) is 0 Å². The molecule has 4 nitrogen and oxygen atoms in total. The van der Waals surface area contributed by atoms with Gasteiger partial charge in [0, 0.05) is 11.4 Å². The van der Waals surface area contributed by atoms with E-state index >= 15 is 0 Å². The molecular formula is C15H9F3N2O2. The van der Waals surface area contributed by atoms with E-state index in [1.807, 2.05) is 0 Å². The maximum atomic E-state index is 13.6. The number of hydrogen-bond acceptors (Lipinski definition) is 2. The molecule has 2 aromatic carbocycles. The molecule has 1 aliphatic rings. The number of nitrogens with one attached hydrogen (secondary N) is 2. The van der Waals surface area contributed by atoms with Crippen LogP contribution in [0.3, 0.4) is 0 Å². The van der Waals surface area contributed by atoms with Gasteiger partial charge in [-0.2, -0.15) is 0 Å². The van der Waals surface area contributed by atoms with Gasteiger partial charge in [0.2, 0.25) is 5.91 Å². The van der Waals surface area contributed by atoms with Gasteiger partial charge in [-0.3, -0.25) is 9.59 Å². The van der Waals surface area contributed by atoms with Crippen LogP contribution in [0.25, 0.3) is 0 Å². The Hall–Kier alpha value is -2.83. The Morgan fingerprint density at radius 1 is 1.09 bits per heavy atom. The molecule has 7 heteroatoms. The van der Waals surface area contributed by atoms with Crippen molar-refractivity contribution in [1.82, 2.24) is 0 Å². The lowest BCUT2D eigenvalue weighted by Gasteiger charge is -2.08. The molecule has 112 valence electrons. The molecule has 0 atom stereocenters. The third kappa shape index (κ3) is 2.41. The molecule has 0 saturated carbocycles. The van der Waals surface area contributed by atoms with Gasteiger partial charge < -0.3 is 10.6 Å². The molecule has 0 spiro atoms. The number of hydrogen-bond donors (Lipinski definition) is 2. The van der Waals surface area contributed by atoms with Crippen molar-refractivity contribution >= 4 is 23.2 Å². The molecule has 1 aliphatic heterocycles. The van der Waals surface area contributed by atoms with Crippen LogP contribution in [0, 0.1) is 17.5 Å². The second-order valence-corrected chi connectivity index (χ2v) is 4.77. The van der Waals surface area contributed by atoms with E-state index in [0.717, 1.165) is 6.07 Å². The fourth-order valence-electron chi connectivity index (χ4n) is 2.21. The Bertz CT molecular complexity index is 806. The summed E-state index contributed by atoms with van der Waals surface area (Å²) >= 11 is 0. The molecule has 0 bridgehead atoms. The van der Waals surface area contributed by atoms with Crippen LogP contribution in [0.15, 0.2) is 30.3 Å². The van der Waals surface area contributed by atoms with Gasteiger partial charge in [-0.15, -0.1) is 0 Å². The van der Waals surface area contributed by atoms with Crippen LogP contribution in [0.2, 0.25) is 0 Å². The van der Waals surface area contributed by atoms with Gasteiger partial charge in [-0.05, 0) is 35.9 Å². The lowest BCUT2D eigenvalue weighted by Crippen LogP contribution is -2.15. The number of halogens is 3. The van der Waals surface area contributed by atoms with Crippen LogP contribution in [0.4, 0.5) is 24.5 Å². The first-order chi connectivity index (χ1) is 10.5. The van der Waals surface area contributed by atoms with E-state index in [2.05, 4.69) is 10.6 Å². The normalized spacial score (nSPS) is 12.8. The van der Waals surface area contributed by atoms with E-state index in [-0.39, 0.29) is 12.3 Å². The summed E-state index contributed by atoms with van der Waals surface area (Å²) in [5, 5.41) is 5.01. The summed E-state index contributed by atoms with van der Waals surface area (Å²) in [4.78, 5) is 23.2. The van der Waals surface area contributed by atoms with E-state index in [1.54, 1.807) is 12.1 Å². The number of amides is 2. The SMILES string of the molecule is O=C1Cc2cc(NC(=O)c3ccc(F)c(F)c3F)ccc2N1. The van der Waals surface area contributed by atoms with E-state index < -0.39 is 28.9 Å². The topological polar surface area (TPSA) is 58.2 Å². The van der Waals surface area contributed by atoms with Gasteiger partial charge >= 0.3 is 0 Å². The summed E-state index contributed by atoms with van der Waals surface area (Å²) in [5.74, 6) is -5.68. The smallest absolute Gasteiger partial charge is 0.258 e. The van der Waals surface area contributed by atoms with Crippen LogP contribution in [-0.2, 0) is 11.2 Å². The Labute approximate surface area is 122 Å². The van der Waals surface area contributed by atoms with Gasteiger partial charge in [0.25, 0.3) is 5.91 Å². The summed E-state index contributed by atoms with van der Waals surface area (Å²) in [6, 6.07) is 6.21. The Kier molecular flexibility index (Phi) is 3.32. The molecule has 1 heterocycles. The number of fused-ring (bicyclic) bond motifs is 1. The average molecular weight is 306 g/mol. The maximum Gasteiger partial charge on any atom is 0.258 e. The highest BCUT2D eigenvalue weighted by Gasteiger charge is 2.21. The van der Waals surface area contributed by atoms with Crippen LogP contribution >= 0.6 is 0 Å². The summed E-state index contributed by atoms with van der Waals surface area (Å²) in [6.07, 6.45) is 0.179.